The zero-order valence-electron chi connectivity index (χ0n) is 10.9. The van der Waals surface area contributed by atoms with Crippen molar-refractivity contribution in [2.24, 2.45) is 0 Å². The van der Waals surface area contributed by atoms with E-state index < -0.39 is 0 Å². The van der Waals surface area contributed by atoms with Crippen LogP contribution < -0.4 is 5.32 Å². The highest BCUT2D eigenvalue weighted by Gasteiger charge is 2.25. The smallest absolute Gasteiger partial charge is 0.252 e. The van der Waals surface area contributed by atoms with E-state index in [1.165, 1.54) is 0 Å². The first kappa shape index (κ1) is 14.3. The summed E-state index contributed by atoms with van der Waals surface area (Å²) in [5, 5.41) is 2.70. The van der Waals surface area contributed by atoms with Gasteiger partial charge in [0.25, 0.3) is 5.91 Å². The van der Waals surface area contributed by atoms with Crippen molar-refractivity contribution >= 4 is 34.4 Å². The van der Waals surface area contributed by atoms with Crippen LogP contribution in [0, 0.1) is 3.57 Å². The molecule has 5 heteroatoms. The maximum absolute atomic E-state index is 12.0. The molecule has 0 aliphatic carbocycles. The summed E-state index contributed by atoms with van der Waals surface area (Å²) in [6.07, 6.45) is 2.10. The molecule has 1 aromatic rings. The number of nitrogens with zero attached hydrogens (tertiary/aromatic N) is 1. The maximum Gasteiger partial charge on any atom is 0.252 e. The number of hydrogen-bond donors (Lipinski definition) is 1. The van der Waals surface area contributed by atoms with Crippen molar-refractivity contribution in [3.63, 3.8) is 0 Å². The van der Waals surface area contributed by atoms with Crippen LogP contribution in [0.3, 0.4) is 0 Å². The molecule has 19 heavy (non-hydrogen) atoms. The van der Waals surface area contributed by atoms with Gasteiger partial charge in [0.05, 0.1) is 12.1 Å². The molecule has 2 amide bonds. The van der Waals surface area contributed by atoms with Crippen molar-refractivity contribution in [2.45, 2.75) is 25.8 Å². The lowest BCUT2D eigenvalue weighted by molar-refractivity contribution is -0.130. The molecule has 1 saturated heterocycles. The van der Waals surface area contributed by atoms with Gasteiger partial charge < -0.3 is 10.2 Å². The molecule has 1 aromatic carbocycles. The highest BCUT2D eigenvalue weighted by atomic mass is 127. The third kappa shape index (κ3) is 3.46. The van der Waals surface area contributed by atoms with Crippen LogP contribution in [-0.2, 0) is 4.79 Å². The van der Waals surface area contributed by atoms with Gasteiger partial charge in [0.1, 0.15) is 0 Å². The molecule has 0 saturated carbocycles. The van der Waals surface area contributed by atoms with Gasteiger partial charge in [-0.2, -0.15) is 0 Å². The van der Waals surface area contributed by atoms with E-state index in [1.807, 2.05) is 30.0 Å². The Bertz CT molecular complexity index is 490. The van der Waals surface area contributed by atoms with Crippen molar-refractivity contribution in [1.82, 2.24) is 10.2 Å². The van der Waals surface area contributed by atoms with Gasteiger partial charge in [-0.3, -0.25) is 9.59 Å². The molecule has 1 aliphatic heterocycles. The van der Waals surface area contributed by atoms with Gasteiger partial charge in [-0.25, -0.2) is 0 Å². The van der Waals surface area contributed by atoms with Crippen LogP contribution in [0.4, 0.5) is 0 Å². The monoisotopic (exact) mass is 372 g/mol. The molecule has 1 fully saturated rings. The molecule has 0 unspecified atom stereocenters. The summed E-state index contributed by atoms with van der Waals surface area (Å²) in [5.74, 6) is -0.186. The number of nitrogens with one attached hydrogen (secondary N) is 1. The Labute approximate surface area is 126 Å². The number of carbonyl (C=O) groups excluding carboxylic acids is 2. The third-order valence-corrected chi connectivity index (χ3v) is 4.33. The van der Waals surface area contributed by atoms with Crippen LogP contribution in [0.15, 0.2) is 24.3 Å². The summed E-state index contributed by atoms with van der Waals surface area (Å²) in [6, 6.07) is 7.64. The van der Waals surface area contributed by atoms with Crippen LogP contribution in [0.25, 0.3) is 0 Å². The lowest BCUT2D eigenvalue weighted by Gasteiger charge is -2.21. The fourth-order valence-corrected chi connectivity index (χ4v) is 2.93. The average molecular weight is 372 g/mol. The highest BCUT2D eigenvalue weighted by Crippen LogP contribution is 2.16. The first-order valence-corrected chi connectivity index (χ1v) is 7.49. The van der Waals surface area contributed by atoms with E-state index in [0.29, 0.717) is 11.6 Å². The second-order valence-corrected chi connectivity index (χ2v) is 5.90. The number of likely N-dealkylation sites (tertiary alicyclic amines) is 1. The minimum atomic E-state index is -0.190. The summed E-state index contributed by atoms with van der Waals surface area (Å²) >= 11 is 2.12. The predicted molar refractivity (Wildman–Crippen MR) is 81.9 cm³/mol. The van der Waals surface area contributed by atoms with Gasteiger partial charge in [-0.1, -0.05) is 12.1 Å². The van der Waals surface area contributed by atoms with E-state index in [4.69, 9.17) is 0 Å². The van der Waals surface area contributed by atoms with Gasteiger partial charge in [-0.05, 0) is 54.5 Å². The first-order chi connectivity index (χ1) is 9.09. The van der Waals surface area contributed by atoms with E-state index in [9.17, 15) is 9.59 Å². The summed E-state index contributed by atoms with van der Waals surface area (Å²) in [5.41, 5.74) is 0.616. The van der Waals surface area contributed by atoms with Crippen LogP contribution in [0.5, 0.6) is 0 Å². The zero-order valence-corrected chi connectivity index (χ0v) is 13.0. The van der Waals surface area contributed by atoms with E-state index in [2.05, 4.69) is 27.9 Å². The SMILES string of the molecule is C[C@@H]1CCCN1C(=O)CNC(=O)c1ccccc1I. The molecule has 0 radical (unpaired) electrons. The topological polar surface area (TPSA) is 49.4 Å². The molecular formula is C14H17IN2O2. The molecule has 1 atom stereocenters. The van der Waals surface area contributed by atoms with Crippen LogP contribution in [-0.4, -0.2) is 35.8 Å². The number of amides is 2. The Kier molecular flexibility index (Phi) is 4.79. The third-order valence-electron chi connectivity index (χ3n) is 3.39. The largest absolute Gasteiger partial charge is 0.343 e. The van der Waals surface area contributed by atoms with Crippen molar-refractivity contribution in [3.05, 3.63) is 33.4 Å². The van der Waals surface area contributed by atoms with Crippen molar-refractivity contribution in [1.29, 1.82) is 0 Å². The summed E-state index contributed by atoms with van der Waals surface area (Å²) in [4.78, 5) is 25.8. The quantitative estimate of drug-likeness (QED) is 0.826. The van der Waals surface area contributed by atoms with Gasteiger partial charge >= 0.3 is 0 Å². The van der Waals surface area contributed by atoms with E-state index in [-0.39, 0.29) is 18.4 Å². The summed E-state index contributed by atoms with van der Waals surface area (Å²) in [6.45, 7) is 2.93. The van der Waals surface area contributed by atoms with Crippen LogP contribution in [0.1, 0.15) is 30.1 Å². The molecule has 102 valence electrons. The van der Waals surface area contributed by atoms with Crippen LogP contribution in [0.2, 0.25) is 0 Å². The molecule has 0 aromatic heterocycles. The Hall–Kier alpha value is -1.11. The molecular weight excluding hydrogens is 355 g/mol. The molecule has 0 bridgehead atoms. The Morgan fingerprint density at radius 1 is 1.42 bits per heavy atom. The second-order valence-electron chi connectivity index (χ2n) is 4.74. The fraction of sp³-hybridized carbons (Fsp3) is 0.429. The standard InChI is InChI=1S/C14H17IN2O2/c1-10-5-4-8-17(10)13(18)9-16-14(19)11-6-2-3-7-12(11)15/h2-3,6-7,10H,4-5,8-9H2,1H3,(H,16,19)/t10-/m1/s1. The molecule has 1 N–H and O–H groups in total. The van der Waals surface area contributed by atoms with E-state index in [0.717, 1.165) is 23.0 Å². The fourth-order valence-electron chi connectivity index (χ4n) is 2.30. The summed E-state index contributed by atoms with van der Waals surface area (Å²) < 4.78 is 0.889. The van der Waals surface area contributed by atoms with E-state index >= 15 is 0 Å². The van der Waals surface area contributed by atoms with Crippen molar-refractivity contribution in [3.8, 4) is 0 Å². The van der Waals surface area contributed by atoms with Crippen molar-refractivity contribution in [2.75, 3.05) is 13.1 Å². The minimum absolute atomic E-state index is 0.00397. The normalized spacial score (nSPS) is 18.4. The second kappa shape index (κ2) is 6.36. The number of carbonyl (C=O) groups is 2. The Morgan fingerprint density at radius 2 is 2.16 bits per heavy atom. The highest BCUT2D eigenvalue weighted by molar-refractivity contribution is 14.1. The van der Waals surface area contributed by atoms with Gasteiger partial charge in [0, 0.05) is 16.2 Å². The number of rotatable bonds is 3. The zero-order chi connectivity index (χ0) is 13.8. The predicted octanol–water partition coefficient (Wildman–Crippen LogP) is 2.03. The lowest BCUT2D eigenvalue weighted by Crippen LogP contribution is -2.41. The molecule has 0 spiro atoms. The van der Waals surface area contributed by atoms with Crippen molar-refractivity contribution < 1.29 is 9.59 Å². The maximum atomic E-state index is 12.0. The van der Waals surface area contributed by atoms with Gasteiger partial charge in [0.15, 0.2) is 0 Å². The number of halogens is 1. The number of hydrogen-bond acceptors (Lipinski definition) is 2. The lowest BCUT2D eigenvalue weighted by atomic mass is 10.2. The Balaban J connectivity index is 1.90. The number of benzene rings is 1. The van der Waals surface area contributed by atoms with Crippen LogP contribution >= 0.6 is 22.6 Å². The van der Waals surface area contributed by atoms with Gasteiger partial charge in [-0.15, -0.1) is 0 Å². The average Bonchev–Trinajstić information content (AvgIpc) is 2.82. The molecule has 4 nitrogen and oxygen atoms in total. The molecule has 1 aliphatic rings. The van der Waals surface area contributed by atoms with Gasteiger partial charge in [0.2, 0.25) is 5.91 Å². The Morgan fingerprint density at radius 3 is 2.79 bits per heavy atom. The molecule has 2 rings (SSSR count). The minimum Gasteiger partial charge on any atom is -0.343 e. The summed E-state index contributed by atoms with van der Waals surface area (Å²) in [7, 11) is 0. The first-order valence-electron chi connectivity index (χ1n) is 6.42. The van der Waals surface area contributed by atoms with E-state index in [1.54, 1.807) is 6.07 Å². The molecule has 1 heterocycles.